The summed E-state index contributed by atoms with van der Waals surface area (Å²) in [6, 6.07) is 0. The van der Waals surface area contributed by atoms with E-state index in [2.05, 4.69) is 0 Å². The molecule has 0 aromatic carbocycles. The van der Waals surface area contributed by atoms with E-state index in [0.717, 1.165) is 6.42 Å². The van der Waals surface area contributed by atoms with Crippen molar-refractivity contribution in [3.05, 3.63) is 0 Å². The number of aliphatic hydroxyl groups excluding tert-OH is 1. The van der Waals surface area contributed by atoms with Crippen LogP contribution in [-0.4, -0.2) is 48.3 Å². The molecule has 4 nitrogen and oxygen atoms in total. The molecule has 3 atom stereocenters. The molecule has 1 rings (SSSR count). The van der Waals surface area contributed by atoms with Crippen LogP contribution < -0.4 is 0 Å². The van der Waals surface area contributed by atoms with E-state index in [0.29, 0.717) is 13.2 Å². The van der Waals surface area contributed by atoms with Gasteiger partial charge in [-0.05, 0) is 20.3 Å². The maximum absolute atomic E-state index is 11.8. The third-order valence-electron chi connectivity index (χ3n) is 2.61. The summed E-state index contributed by atoms with van der Waals surface area (Å²) < 4.78 is 5.33. The van der Waals surface area contributed by atoms with Crippen LogP contribution in [-0.2, 0) is 9.53 Å². The lowest BCUT2D eigenvalue weighted by Gasteiger charge is -2.23. The minimum absolute atomic E-state index is 0.0129. The first-order valence-electron chi connectivity index (χ1n) is 5.07. The Hall–Kier alpha value is -0.610. The molecule has 0 spiro atoms. The Labute approximate surface area is 84.8 Å². The molecule has 4 heteroatoms. The van der Waals surface area contributed by atoms with Crippen molar-refractivity contribution in [1.82, 2.24) is 4.90 Å². The van der Waals surface area contributed by atoms with Gasteiger partial charge in [-0.3, -0.25) is 4.79 Å². The van der Waals surface area contributed by atoms with E-state index in [-0.39, 0.29) is 17.9 Å². The van der Waals surface area contributed by atoms with Crippen molar-refractivity contribution in [2.75, 3.05) is 20.2 Å². The lowest BCUT2D eigenvalue weighted by Crippen LogP contribution is -2.39. The van der Waals surface area contributed by atoms with Gasteiger partial charge in [0.15, 0.2) is 0 Å². The SMILES string of the molecule is CC(O)CN(C)C(=O)C1CCOC1C. The van der Waals surface area contributed by atoms with Gasteiger partial charge in [-0.2, -0.15) is 0 Å². The third-order valence-corrected chi connectivity index (χ3v) is 2.61. The van der Waals surface area contributed by atoms with E-state index in [1.54, 1.807) is 18.9 Å². The molecular weight excluding hydrogens is 182 g/mol. The summed E-state index contributed by atoms with van der Waals surface area (Å²) in [7, 11) is 1.72. The van der Waals surface area contributed by atoms with Gasteiger partial charge >= 0.3 is 0 Å². The van der Waals surface area contributed by atoms with Crippen LogP contribution in [0.1, 0.15) is 20.3 Å². The maximum atomic E-state index is 11.8. The average Bonchev–Trinajstić information content (AvgIpc) is 2.48. The Balaban J connectivity index is 2.47. The monoisotopic (exact) mass is 201 g/mol. The zero-order chi connectivity index (χ0) is 10.7. The van der Waals surface area contributed by atoms with Crippen molar-refractivity contribution in [2.24, 2.45) is 5.92 Å². The summed E-state index contributed by atoms with van der Waals surface area (Å²) in [6.45, 7) is 4.66. The Morgan fingerprint density at radius 2 is 2.36 bits per heavy atom. The van der Waals surface area contributed by atoms with E-state index in [9.17, 15) is 4.79 Å². The molecule has 0 radical (unpaired) electrons. The van der Waals surface area contributed by atoms with Crippen LogP contribution in [0.5, 0.6) is 0 Å². The van der Waals surface area contributed by atoms with E-state index < -0.39 is 6.10 Å². The lowest BCUT2D eigenvalue weighted by molar-refractivity contribution is -0.136. The van der Waals surface area contributed by atoms with E-state index in [4.69, 9.17) is 9.84 Å². The molecule has 1 amide bonds. The molecule has 82 valence electrons. The van der Waals surface area contributed by atoms with Gasteiger partial charge in [0.25, 0.3) is 0 Å². The Bertz CT molecular complexity index is 206. The molecule has 1 aliphatic heterocycles. The van der Waals surface area contributed by atoms with Gasteiger partial charge in [0.05, 0.1) is 18.1 Å². The summed E-state index contributed by atoms with van der Waals surface area (Å²) >= 11 is 0. The Morgan fingerprint density at radius 3 is 2.79 bits per heavy atom. The van der Waals surface area contributed by atoms with Crippen molar-refractivity contribution in [3.8, 4) is 0 Å². The largest absolute Gasteiger partial charge is 0.392 e. The highest BCUT2D eigenvalue weighted by Gasteiger charge is 2.32. The number of hydrogen-bond acceptors (Lipinski definition) is 3. The van der Waals surface area contributed by atoms with Gasteiger partial charge < -0.3 is 14.7 Å². The second kappa shape index (κ2) is 4.75. The molecule has 0 bridgehead atoms. The van der Waals surface area contributed by atoms with Crippen LogP contribution in [0.4, 0.5) is 0 Å². The smallest absolute Gasteiger partial charge is 0.228 e. The second-order valence-corrected chi connectivity index (χ2v) is 4.04. The molecule has 1 saturated heterocycles. The number of likely N-dealkylation sites (N-methyl/N-ethyl adjacent to an activating group) is 1. The standard InChI is InChI=1S/C10H19NO3/c1-7(12)6-11(3)10(13)9-4-5-14-8(9)2/h7-9,12H,4-6H2,1-3H3. The first-order valence-corrected chi connectivity index (χ1v) is 5.07. The van der Waals surface area contributed by atoms with Gasteiger partial charge in [-0.1, -0.05) is 0 Å². The van der Waals surface area contributed by atoms with Crippen molar-refractivity contribution in [1.29, 1.82) is 0 Å². The van der Waals surface area contributed by atoms with E-state index in [1.165, 1.54) is 0 Å². The molecule has 1 aliphatic rings. The van der Waals surface area contributed by atoms with E-state index >= 15 is 0 Å². The minimum atomic E-state index is -0.471. The normalized spacial score (nSPS) is 28.9. The molecular formula is C10H19NO3. The molecule has 1 N–H and O–H groups in total. The summed E-state index contributed by atoms with van der Waals surface area (Å²) in [5, 5.41) is 9.16. The number of ether oxygens (including phenoxy) is 1. The van der Waals surface area contributed by atoms with Gasteiger partial charge in [-0.25, -0.2) is 0 Å². The van der Waals surface area contributed by atoms with E-state index in [1.807, 2.05) is 6.92 Å². The lowest BCUT2D eigenvalue weighted by atomic mass is 10.0. The first kappa shape index (κ1) is 11.5. The quantitative estimate of drug-likeness (QED) is 0.712. The van der Waals surface area contributed by atoms with Crippen LogP contribution in [0, 0.1) is 5.92 Å². The second-order valence-electron chi connectivity index (χ2n) is 4.04. The number of carbonyl (C=O) groups is 1. The number of rotatable bonds is 3. The number of hydrogen-bond donors (Lipinski definition) is 1. The third kappa shape index (κ3) is 2.69. The molecule has 0 aromatic rings. The highest BCUT2D eigenvalue weighted by molar-refractivity contribution is 5.79. The first-order chi connectivity index (χ1) is 6.52. The fraction of sp³-hybridized carbons (Fsp3) is 0.900. The summed E-state index contributed by atoms with van der Waals surface area (Å²) in [4.78, 5) is 13.4. The topological polar surface area (TPSA) is 49.8 Å². The van der Waals surface area contributed by atoms with Crippen LogP contribution >= 0.6 is 0 Å². The molecule has 1 heterocycles. The number of carbonyl (C=O) groups excluding carboxylic acids is 1. The fourth-order valence-corrected chi connectivity index (χ4v) is 1.83. The van der Waals surface area contributed by atoms with Crippen molar-refractivity contribution in [3.63, 3.8) is 0 Å². The highest BCUT2D eigenvalue weighted by atomic mass is 16.5. The predicted octanol–water partition coefficient (Wildman–Crippen LogP) is 0.251. The zero-order valence-corrected chi connectivity index (χ0v) is 9.06. The summed E-state index contributed by atoms with van der Waals surface area (Å²) in [6.07, 6.45) is 0.338. The van der Waals surface area contributed by atoms with Crippen LogP contribution in [0.15, 0.2) is 0 Å². The van der Waals surface area contributed by atoms with Crippen molar-refractivity contribution in [2.45, 2.75) is 32.5 Å². The Kier molecular flexibility index (Phi) is 3.89. The van der Waals surface area contributed by atoms with Gasteiger partial charge in [-0.15, -0.1) is 0 Å². The van der Waals surface area contributed by atoms with Crippen molar-refractivity contribution >= 4 is 5.91 Å². The van der Waals surface area contributed by atoms with Crippen LogP contribution in [0.2, 0.25) is 0 Å². The molecule has 0 aromatic heterocycles. The molecule has 3 unspecified atom stereocenters. The molecule has 1 fully saturated rings. The van der Waals surface area contributed by atoms with Crippen LogP contribution in [0.3, 0.4) is 0 Å². The van der Waals surface area contributed by atoms with Crippen LogP contribution in [0.25, 0.3) is 0 Å². The molecule has 14 heavy (non-hydrogen) atoms. The average molecular weight is 201 g/mol. The van der Waals surface area contributed by atoms with Gasteiger partial charge in [0.2, 0.25) is 5.91 Å². The summed E-state index contributed by atoms with van der Waals surface area (Å²) in [5.74, 6) is 0.0506. The predicted molar refractivity (Wildman–Crippen MR) is 52.8 cm³/mol. The minimum Gasteiger partial charge on any atom is -0.392 e. The number of nitrogens with zero attached hydrogens (tertiary/aromatic N) is 1. The Morgan fingerprint density at radius 1 is 1.71 bits per heavy atom. The highest BCUT2D eigenvalue weighted by Crippen LogP contribution is 2.22. The summed E-state index contributed by atoms with van der Waals surface area (Å²) in [5.41, 5.74) is 0. The fourth-order valence-electron chi connectivity index (χ4n) is 1.83. The van der Waals surface area contributed by atoms with Crippen molar-refractivity contribution < 1.29 is 14.6 Å². The molecule has 0 saturated carbocycles. The number of amides is 1. The zero-order valence-electron chi connectivity index (χ0n) is 9.06. The van der Waals surface area contributed by atoms with Gasteiger partial charge in [0.1, 0.15) is 0 Å². The molecule has 0 aliphatic carbocycles. The maximum Gasteiger partial charge on any atom is 0.228 e. The number of aliphatic hydroxyl groups is 1. The van der Waals surface area contributed by atoms with Gasteiger partial charge in [0, 0.05) is 20.2 Å².